The van der Waals surface area contributed by atoms with E-state index in [1.807, 2.05) is 12.1 Å². The average Bonchev–Trinajstić information content (AvgIpc) is 3.44. The first-order valence-electron chi connectivity index (χ1n) is 13.4. The third kappa shape index (κ3) is 4.26. The molecule has 0 unspecified atom stereocenters. The molecule has 2 heterocycles. The zero-order valence-corrected chi connectivity index (χ0v) is 23.0. The molecule has 0 aliphatic heterocycles. The lowest BCUT2D eigenvalue weighted by atomic mass is 10.1. The molecular formula is C34H26N4O4. The number of hydrogen-bond donors (Lipinski definition) is 0. The number of benzene rings is 4. The van der Waals surface area contributed by atoms with Crippen LogP contribution in [0, 0.1) is 13.8 Å². The van der Waals surface area contributed by atoms with Crippen LogP contribution in [0.2, 0.25) is 0 Å². The lowest BCUT2D eigenvalue weighted by Gasteiger charge is -2.12. The van der Waals surface area contributed by atoms with Gasteiger partial charge in [0.15, 0.2) is 0 Å². The van der Waals surface area contributed by atoms with E-state index in [2.05, 4.69) is 0 Å². The molecule has 8 heteroatoms. The lowest BCUT2D eigenvalue weighted by molar-refractivity contribution is 0.0925. The van der Waals surface area contributed by atoms with Crippen LogP contribution in [0.1, 0.15) is 32.1 Å². The Morgan fingerprint density at radius 1 is 0.452 bits per heavy atom. The largest absolute Gasteiger partial charge is 0.280 e. The van der Waals surface area contributed by atoms with E-state index in [1.54, 1.807) is 123 Å². The fourth-order valence-corrected chi connectivity index (χ4v) is 5.29. The zero-order chi connectivity index (χ0) is 29.4. The maximum absolute atomic E-state index is 14.3. The van der Waals surface area contributed by atoms with Crippen molar-refractivity contribution in [1.82, 2.24) is 18.7 Å². The highest BCUT2D eigenvalue weighted by molar-refractivity contribution is 5.98. The van der Waals surface area contributed by atoms with Crippen molar-refractivity contribution in [3.05, 3.63) is 165 Å². The second-order valence-corrected chi connectivity index (χ2v) is 9.79. The second kappa shape index (κ2) is 10.7. The molecular weight excluding hydrogens is 528 g/mol. The fraction of sp³-hybridized carbons (Fsp3) is 0.0588. The molecule has 0 fully saturated rings. The summed E-state index contributed by atoms with van der Waals surface area (Å²) in [5.41, 5.74) is 1.24. The van der Waals surface area contributed by atoms with Crippen molar-refractivity contribution in [3.8, 4) is 22.5 Å². The first-order valence-corrected chi connectivity index (χ1v) is 13.4. The number of carbonyl (C=O) groups is 2. The maximum atomic E-state index is 14.3. The van der Waals surface area contributed by atoms with Gasteiger partial charge in [0.1, 0.15) is 0 Å². The van der Waals surface area contributed by atoms with E-state index < -0.39 is 22.9 Å². The minimum atomic E-state index is -0.548. The summed E-state index contributed by atoms with van der Waals surface area (Å²) in [6.45, 7) is 3.28. The summed E-state index contributed by atoms with van der Waals surface area (Å²) in [5.74, 6) is -0.859. The van der Waals surface area contributed by atoms with Gasteiger partial charge in [-0.2, -0.15) is 0 Å². The second-order valence-electron chi connectivity index (χ2n) is 9.79. The summed E-state index contributed by atoms with van der Waals surface area (Å²) in [7, 11) is 0. The standard InChI is InChI=1S/C34H26N4O4/c1-23-29(33(41)37(27-19-11-5-12-20-27)35(23)31(39)25-15-7-3-8-16-25)30-24(2)36(32(40)26-17-9-4-10-18-26)38(34(30)42)28-21-13-6-14-22-28/h3-22H,1-2H3. The molecule has 42 heavy (non-hydrogen) atoms. The summed E-state index contributed by atoms with van der Waals surface area (Å²) in [4.78, 5) is 56.3. The molecule has 0 aliphatic carbocycles. The van der Waals surface area contributed by atoms with E-state index in [9.17, 15) is 19.2 Å². The van der Waals surface area contributed by atoms with E-state index in [-0.39, 0.29) is 22.5 Å². The molecule has 0 saturated heterocycles. The van der Waals surface area contributed by atoms with Crippen molar-refractivity contribution >= 4 is 11.8 Å². The highest BCUT2D eigenvalue weighted by Crippen LogP contribution is 2.26. The Hall–Kier alpha value is -5.76. The van der Waals surface area contributed by atoms with Gasteiger partial charge in [-0.25, -0.2) is 18.7 Å². The van der Waals surface area contributed by atoms with Gasteiger partial charge in [-0.3, -0.25) is 19.2 Å². The third-order valence-corrected chi connectivity index (χ3v) is 7.25. The topological polar surface area (TPSA) is 88.0 Å². The zero-order valence-electron chi connectivity index (χ0n) is 23.0. The van der Waals surface area contributed by atoms with E-state index in [0.29, 0.717) is 22.5 Å². The molecule has 0 saturated carbocycles. The van der Waals surface area contributed by atoms with Gasteiger partial charge >= 0.3 is 0 Å². The summed E-state index contributed by atoms with van der Waals surface area (Å²) in [5, 5.41) is 0. The van der Waals surface area contributed by atoms with E-state index in [0.717, 1.165) is 0 Å². The van der Waals surface area contributed by atoms with Crippen LogP contribution in [0.5, 0.6) is 0 Å². The van der Waals surface area contributed by atoms with Gasteiger partial charge in [-0.1, -0.05) is 72.8 Å². The number of carbonyl (C=O) groups excluding carboxylic acids is 2. The van der Waals surface area contributed by atoms with Crippen molar-refractivity contribution in [3.63, 3.8) is 0 Å². The number of aromatic nitrogens is 4. The predicted octanol–water partition coefficient (Wildman–Crippen LogP) is 5.25. The van der Waals surface area contributed by atoms with Crippen molar-refractivity contribution in [2.75, 3.05) is 0 Å². The molecule has 0 spiro atoms. The molecule has 0 bridgehead atoms. The predicted molar refractivity (Wildman–Crippen MR) is 161 cm³/mol. The summed E-state index contributed by atoms with van der Waals surface area (Å²) in [6, 6.07) is 34.8. The monoisotopic (exact) mass is 554 g/mol. The molecule has 206 valence electrons. The van der Waals surface area contributed by atoms with E-state index in [1.165, 1.54) is 18.7 Å². The summed E-state index contributed by atoms with van der Waals surface area (Å²) < 4.78 is 5.15. The quantitative estimate of drug-likeness (QED) is 0.291. The van der Waals surface area contributed by atoms with Gasteiger partial charge in [-0.05, 0) is 62.4 Å². The Morgan fingerprint density at radius 2 is 0.738 bits per heavy atom. The first kappa shape index (κ1) is 26.5. The Balaban J connectivity index is 1.69. The fourth-order valence-electron chi connectivity index (χ4n) is 5.29. The Labute approximate surface area is 240 Å². The van der Waals surface area contributed by atoms with Crippen molar-refractivity contribution in [2.24, 2.45) is 0 Å². The highest BCUT2D eigenvalue weighted by Gasteiger charge is 2.31. The summed E-state index contributed by atoms with van der Waals surface area (Å²) >= 11 is 0. The van der Waals surface area contributed by atoms with Crippen LogP contribution in [-0.4, -0.2) is 30.5 Å². The van der Waals surface area contributed by atoms with Crippen LogP contribution in [0.3, 0.4) is 0 Å². The molecule has 0 amide bonds. The van der Waals surface area contributed by atoms with Gasteiger partial charge < -0.3 is 0 Å². The molecule has 8 nitrogen and oxygen atoms in total. The summed E-state index contributed by atoms with van der Waals surface area (Å²) in [6.07, 6.45) is 0. The van der Waals surface area contributed by atoms with Crippen LogP contribution in [0.25, 0.3) is 22.5 Å². The van der Waals surface area contributed by atoms with Gasteiger partial charge in [-0.15, -0.1) is 0 Å². The normalized spacial score (nSPS) is 11.0. The molecule has 0 N–H and O–H groups in total. The number of para-hydroxylation sites is 2. The van der Waals surface area contributed by atoms with Crippen LogP contribution in [0.15, 0.2) is 131 Å². The highest BCUT2D eigenvalue weighted by atomic mass is 16.2. The molecule has 0 atom stereocenters. The van der Waals surface area contributed by atoms with Crippen molar-refractivity contribution in [1.29, 1.82) is 0 Å². The Morgan fingerprint density at radius 3 is 1.05 bits per heavy atom. The van der Waals surface area contributed by atoms with Crippen molar-refractivity contribution in [2.45, 2.75) is 13.8 Å². The number of hydrogen-bond acceptors (Lipinski definition) is 4. The van der Waals surface area contributed by atoms with Crippen LogP contribution in [-0.2, 0) is 0 Å². The molecule has 6 rings (SSSR count). The van der Waals surface area contributed by atoms with Crippen LogP contribution >= 0.6 is 0 Å². The minimum Gasteiger partial charge on any atom is -0.267 e. The molecule has 6 aromatic rings. The SMILES string of the molecule is Cc1c(-c2c(C)n(C(=O)c3ccccc3)n(-c3ccccc3)c2=O)c(=O)n(-c2ccccc2)n1C(=O)c1ccccc1. The molecule has 0 aliphatic rings. The third-order valence-electron chi connectivity index (χ3n) is 7.25. The lowest BCUT2D eigenvalue weighted by Crippen LogP contribution is -2.28. The van der Waals surface area contributed by atoms with Crippen LogP contribution < -0.4 is 11.1 Å². The van der Waals surface area contributed by atoms with Gasteiger partial charge in [0.25, 0.3) is 22.9 Å². The van der Waals surface area contributed by atoms with Gasteiger partial charge in [0, 0.05) is 11.1 Å². The van der Waals surface area contributed by atoms with E-state index >= 15 is 0 Å². The van der Waals surface area contributed by atoms with Crippen LogP contribution in [0.4, 0.5) is 0 Å². The number of rotatable bonds is 5. The van der Waals surface area contributed by atoms with Gasteiger partial charge in [0.05, 0.1) is 33.9 Å². The smallest absolute Gasteiger partial charge is 0.267 e. The molecule has 0 radical (unpaired) electrons. The molecule has 2 aromatic heterocycles. The Kier molecular flexibility index (Phi) is 6.72. The van der Waals surface area contributed by atoms with E-state index in [4.69, 9.17) is 0 Å². The number of nitrogens with zero attached hydrogens (tertiary/aromatic N) is 4. The average molecular weight is 555 g/mol. The minimum absolute atomic E-state index is 0.0509. The Bertz CT molecular complexity index is 1900. The molecule has 4 aromatic carbocycles. The van der Waals surface area contributed by atoms with Crippen molar-refractivity contribution < 1.29 is 9.59 Å². The maximum Gasteiger partial charge on any atom is 0.280 e. The van der Waals surface area contributed by atoms with Gasteiger partial charge in [0.2, 0.25) is 0 Å². The first-order chi connectivity index (χ1) is 20.4.